The highest BCUT2D eigenvalue weighted by Crippen LogP contribution is 2.35. The Balaban J connectivity index is 1.38. The molecule has 1 N–H and O–H groups in total. The van der Waals surface area contributed by atoms with Crippen LogP contribution in [0.5, 0.6) is 0 Å². The molecule has 1 aliphatic carbocycles. The summed E-state index contributed by atoms with van der Waals surface area (Å²) in [4.78, 5) is 13.8. The van der Waals surface area contributed by atoms with E-state index in [1.807, 2.05) is 12.3 Å². The number of nitrogens with zero attached hydrogens (tertiary/aromatic N) is 6. The van der Waals surface area contributed by atoms with Crippen molar-refractivity contribution in [2.24, 2.45) is 0 Å². The van der Waals surface area contributed by atoms with E-state index < -0.39 is 12.2 Å². The summed E-state index contributed by atoms with van der Waals surface area (Å²) in [5.41, 5.74) is 3.41. The van der Waals surface area contributed by atoms with E-state index in [4.69, 9.17) is 0 Å². The quantitative estimate of drug-likeness (QED) is 0.768. The van der Waals surface area contributed by atoms with Crippen molar-refractivity contribution in [3.8, 4) is 5.69 Å². The van der Waals surface area contributed by atoms with Gasteiger partial charge in [-0.1, -0.05) is 12.8 Å². The van der Waals surface area contributed by atoms with Gasteiger partial charge in [0, 0.05) is 23.4 Å². The molecule has 4 heterocycles. The lowest BCUT2D eigenvalue weighted by Crippen LogP contribution is -2.23. The Kier molecular flexibility index (Phi) is 3.86. The van der Waals surface area contributed by atoms with Gasteiger partial charge in [0.25, 0.3) is 0 Å². The Morgan fingerprint density at radius 2 is 1.96 bits per heavy atom. The first-order chi connectivity index (χ1) is 13.2. The molecule has 0 amide bonds. The molecule has 7 nitrogen and oxygen atoms in total. The van der Waals surface area contributed by atoms with Gasteiger partial charge in [0.05, 0.1) is 36.5 Å². The molecule has 3 aromatic heterocycles. The summed E-state index contributed by atoms with van der Waals surface area (Å²) in [7, 11) is 0. The zero-order valence-corrected chi connectivity index (χ0v) is 14.7. The number of aromatic nitrogens is 5. The monoisotopic (exact) mass is 366 g/mol. The normalized spacial score (nSPS) is 19.6. The van der Waals surface area contributed by atoms with Crippen molar-refractivity contribution < 1.29 is 9.50 Å². The third kappa shape index (κ3) is 2.86. The van der Waals surface area contributed by atoms with Gasteiger partial charge in [0.15, 0.2) is 12.0 Å². The molecule has 1 unspecified atom stereocenters. The second-order valence-corrected chi connectivity index (χ2v) is 7.10. The second-order valence-electron chi connectivity index (χ2n) is 7.10. The van der Waals surface area contributed by atoms with Crippen molar-refractivity contribution in [1.29, 1.82) is 0 Å². The Morgan fingerprint density at radius 3 is 2.67 bits per heavy atom. The van der Waals surface area contributed by atoms with E-state index in [0.29, 0.717) is 18.0 Å². The first kappa shape index (κ1) is 16.3. The van der Waals surface area contributed by atoms with Gasteiger partial charge < -0.3 is 10.0 Å². The molecule has 3 aromatic rings. The maximum Gasteiger partial charge on any atom is 0.233 e. The van der Waals surface area contributed by atoms with Gasteiger partial charge >= 0.3 is 0 Å². The summed E-state index contributed by atoms with van der Waals surface area (Å²) in [5, 5.41) is 15.2. The Bertz CT molecular complexity index is 967. The second kappa shape index (κ2) is 6.38. The third-order valence-corrected chi connectivity index (χ3v) is 5.41. The number of anilines is 1. The van der Waals surface area contributed by atoms with Crippen LogP contribution in [0.25, 0.3) is 5.69 Å². The average molecular weight is 366 g/mol. The highest BCUT2D eigenvalue weighted by Gasteiger charge is 2.33. The number of pyridine rings is 1. The number of rotatable bonds is 3. The minimum absolute atomic E-state index is 0.287. The minimum atomic E-state index is -0.935. The SMILES string of the molecule is OC1c2cn(-c3ccc(C4CCCC4)nc3)nc2CN1c1cncc(F)n1. The average Bonchev–Trinajstić information content (AvgIpc) is 3.40. The maximum atomic E-state index is 13.3. The lowest BCUT2D eigenvalue weighted by molar-refractivity contribution is 0.180. The molecule has 1 aliphatic heterocycles. The first-order valence-corrected chi connectivity index (χ1v) is 9.16. The molecule has 8 heteroatoms. The van der Waals surface area contributed by atoms with Crippen LogP contribution in [0.15, 0.2) is 36.9 Å². The van der Waals surface area contributed by atoms with Crippen LogP contribution in [-0.2, 0) is 6.54 Å². The maximum absolute atomic E-state index is 13.3. The van der Waals surface area contributed by atoms with Crippen molar-refractivity contribution in [3.63, 3.8) is 0 Å². The molecular formula is C19H19FN6O. The standard InChI is InChI=1S/C19H19FN6O/c20-17-8-21-9-18(23-17)25-11-16-14(19(25)27)10-26(24-16)13-5-6-15(22-7-13)12-3-1-2-4-12/h5-10,12,19,27H,1-4,11H2. The molecule has 0 saturated heterocycles. The molecule has 0 aromatic carbocycles. The number of aliphatic hydroxyl groups excluding tert-OH is 1. The third-order valence-electron chi connectivity index (χ3n) is 5.41. The molecule has 1 saturated carbocycles. The highest BCUT2D eigenvalue weighted by atomic mass is 19.1. The van der Waals surface area contributed by atoms with Crippen LogP contribution >= 0.6 is 0 Å². The molecular weight excluding hydrogens is 347 g/mol. The number of hydrogen-bond donors (Lipinski definition) is 1. The van der Waals surface area contributed by atoms with E-state index in [-0.39, 0.29) is 5.82 Å². The van der Waals surface area contributed by atoms with Crippen molar-refractivity contribution in [2.45, 2.75) is 44.4 Å². The van der Waals surface area contributed by atoms with Gasteiger partial charge in [0.1, 0.15) is 0 Å². The zero-order valence-electron chi connectivity index (χ0n) is 14.7. The lowest BCUT2D eigenvalue weighted by atomic mass is 10.0. The predicted octanol–water partition coefficient (Wildman–Crippen LogP) is 2.87. The molecule has 0 bridgehead atoms. The molecule has 0 radical (unpaired) electrons. The van der Waals surface area contributed by atoms with E-state index >= 15 is 0 Å². The van der Waals surface area contributed by atoms with Gasteiger partial charge in [0.2, 0.25) is 5.95 Å². The molecule has 138 valence electrons. The van der Waals surface area contributed by atoms with Crippen LogP contribution < -0.4 is 4.90 Å². The molecule has 2 aliphatic rings. The Hall–Kier alpha value is -2.87. The van der Waals surface area contributed by atoms with Crippen LogP contribution in [-0.4, -0.2) is 29.8 Å². The molecule has 1 fully saturated rings. The summed E-state index contributed by atoms with van der Waals surface area (Å²) < 4.78 is 15.1. The minimum Gasteiger partial charge on any atom is -0.369 e. The van der Waals surface area contributed by atoms with Crippen LogP contribution in [0.2, 0.25) is 0 Å². The summed E-state index contributed by atoms with van der Waals surface area (Å²) in [5.74, 6) is 0.182. The van der Waals surface area contributed by atoms with Crippen molar-refractivity contribution >= 4 is 5.82 Å². The van der Waals surface area contributed by atoms with Crippen LogP contribution in [0.4, 0.5) is 10.2 Å². The van der Waals surface area contributed by atoms with Crippen LogP contribution in [0.3, 0.4) is 0 Å². The fraction of sp³-hybridized carbons (Fsp3) is 0.368. The van der Waals surface area contributed by atoms with Crippen LogP contribution in [0.1, 0.15) is 54.8 Å². The van der Waals surface area contributed by atoms with E-state index in [2.05, 4.69) is 26.1 Å². The van der Waals surface area contributed by atoms with Gasteiger partial charge in [-0.2, -0.15) is 14.5 Å². The van der Waals surface area contributed by atoms with Crippen molar-refractivity contribution in [1.82, 2.24) is 24.7 Å². The number of halogens is 1. The van der Waals surface area contributed by atoms with E-state index in [0.717, 1.165) is 23.3 Å². The first-order valence-electron chi connectivity index (χ1n) is 9.16. The fourth-order valence-electron chi connectivity index (χ4n) is 3.98. The summed E-state index contributed by atoms with van der Waals surface area (Å²) >= 11 is 0. The van der Waals surface area contributed by atoms with Crippen molar-refractivity contribution in [2.75, 3.05) is 4.90 Å². The van der Waals surface area contributed by atoms with Gasteiger partial charge in [-0.05, 0) is 25.0 Å². The zero-order chi connectivity index (χ0) is 18.4. The summed E-state index contributed by atoms with van der Waals surface area (Å²) in [6.45, 7) is 0.342. The smallest absolute Gasteiger partial charge is 0.233 e. The number of fused-ring (bicyclic) bond motifs is 1. The van der Waals surface area contributed by atoms with Crippen LogP contribution in [0, 0.1) is 5.95 Å². The van der Waals surface area contributed by atoms with Gasteiger partial charge in [-0.15, -0.1) is 0 Å². The highest BCUT2D eigenvalue weighted by molar-refractivity contribution is 5.46. The molecule has 1 atom stereocenters. The van der Waals surface area contributed by atoms with Crippen molar-refractivity contribution in [3.05, 3.63) is 59.8 Å². The summed E-state index contributed by atoms with van der Waals surface area (Å²) in [6.07, 6.45) is 10.1. The topological polar surface area (TPSA) is 80.0 Å². The summed E-state index contributed by atoms with van der Waals surface area (Å²) in [6, 6.07) is 4.09. The van der Waals surface area contributed by atoms with E-state index in [1.54, 1.807) is 15.8 Å². The molecule has 5 rings (SSSR count). The molecule has 0 spiro atoms. The molecule has 27 heavy (non-hydrogen) atoms. The Morgan fingerprint density at radius 1 is 1.11 bits per heavy atom. The lowest BCUT2D eigenvalue weighted by Gasteiger charge is -2.21. The van der Waals surface area contributed by atoms with E-state index in [1.165, 1.54) is 31.9 Å². The van der Waals surface area contributed by atoms with Gasteiger partial charge in [-0.25, -0.2) is 4.68 Å². The number of hydrogen-bond acceptors (Lipinski definition) is 6. The Labute approximate surface area is 155 Å². The fourth-order valence-corrected chi connectivity index (χ4v) is 3.98. The predicted molar refractivity (Wildman–Crippen MR) is 95.7 cm³/mol. The van der Waals surface area contributed by atoms with Gasteiger partial charge in [-0.3, -0.25) is 9.97 Å². The largest absolute Gasteiger partial charge is 0.369 e. The number of aliphatic hydroxyl groups is 1. The van der Waals surface area contributed by atoms with E-state index in [9.17, 15) is 9.50 Å².